The van der Waals surface area contributed by atoms with E-state index in [2.05, 4.69) is 15.4 Å². The van der Waals surface area contributed by atoms with Gasteiger partial charge in [-0.15, -0.1) is 0 Å². The first-order valence-electron chi connectivity index (χ1n) is 11.1. The molecule has 8 nitrogen and oxygen atoms in total. The van der Waals surface area contributed by atoms with Gasteiger partial charge in [-0.25, -0.2) is 13.2 Å². The van der Waals surface area contributed by atoms with E-state index >= 15 is 0 Å². The van der Waals surface area contributed by atoms with Crippen molar-refractivity contribution in [3.05, 3.63) is 94.5 Å². The van der Waals surface area contributed by atoms with Crippen LogP contribution >= 0.6 is 11.6 Å². The van der Waals surface area contributed by atoms with Crippen LogP contribution in [0.5, 0.6) is 0 Å². The van der Waals surface area contributed by atoms with Crippen molar-refractivity contribution in [3.63, 3.8) is 0 Å². The van der Waals surface area contributed by atoms with Gasteiger partial charge >= 0.3 is 5.97 Å². The molecule has 1 aliphatic rings. The quantitative estimate of drug-likeness (QED) is 0.329. The molecule has 1 heterocycles. The smallest absolute Gasteiger partial charge is 0.330 e. The Morgan fingerprint density at radius 1 is 1.08 bits per heavy atom. The molecule has 2 N–H and O–H groups in total. The molecule has 0 atom stereocenters. The van der Waals surface area contributed by atoms with Gasteiger partial charge < -0.3 is 15.4 Å². The Bertz CT molecular complexity index is 1550. The summed E-state index contributed by atoms with van der Waals surface area (Å²) in [5.74, 6) is -0.786. The van der Waals surface area contributed by atoms with E-state index in [0.717, 1.165) is 11.8 Å². The topological polar surface area (TPSA) is 105 Å². The van der Waals surface area contributed by atoms with Crippen LogP contribution in [0.1, 0.15) is 16.7 Å². The largest absolute Gasteiger partial charge is 0.466 e. The van der Waals surface area contributed by atoms with Crippen molar-refractivity contribution in [3.8, 4) is 0 Å². The van der Waals surface area contributed by atoms with Crippen LogP contribution in [0.3, 0.4) is 0 Å². The molecule has 0 aliphatic carbocycles. The van der Waals surface area contributed by atoms with Crippen LogP contribution in [0, 0.1) is 0 Å². The number of hydrogen-bond acceptors (Lipinski definition) is 6. The number of halogens is 1. The third-order valence-corrected chi connectivity index (χ3v) is 7.20. The second-order valence-corrected chi connectivity index (χ2v) is 10.7. The second kappa shape index (κ2) is 10.5. The van der Waals surface area contributed by atoms with Crippen LogP contribution in [0.15, 0.2) is 72.8 Å². The maximum absolute atomic E-state index is 13.1. The molecule has 190 valence electrons. The lowest BCUT2D eigenvalue weighted by molar-refractivity contribution is -0.134. The van der Waals surface area contributed by atoms with Crippen molar-refractivity contribution in [2.45, 2.75) is 0 Å². The number of fused-ring (bicyclic) bond motifs is 1. The molecule has 0 fully saturated rings. The van der Waals surface area contributed by atoms with E-state index in [-0.39, 0.29) is 5.91 Å². The monoisotopic (exact) mass is 537 g/mol. The summed E-state index contributed by atoms with van der Waals surface area (Å²) in [4.78, 5) is 24.7. The average molecular weight is 538 g/mol. The fraction of sp³-hybridized carbons (Fsp3) is 0.111. The van der Waals surface area contributed by atoms with Crippen LogP contribution in [0.2, 0.25) is 5.02 Å². The summed E-state index contributed by atoms with van der Waals surface area (Å²) in [6.45, 7) is 0. The maximum Gasteiger partial charge on any atom is 0.330 e. The molecule has 0 radical (unpaired) electrons. The number of ether oxygens (including phenoxy) is 1. The van der Waals surface area contributed by atoms with E-state index in [4.69, 9.17) is 11.6 Å². The van der Waals surface area contributed by atoms with E-state index in [1.165, 1.54) is 24.5 Å². The molecular weight excluding hydrogens is 514 g/mol. The van der Waals surface area contributed by atoms with Crippen molar-refractivity contribution in [2.24, 2.45) is 0 Å². The van der Waals surface area contributed by atoms with E-state index < -0.39 is 16.0 Å². The standard InChI is InChI=1S/C27H24ClN3O5S/c1-31(37(3,34)35)21-11-9-20(10-12-21)29-26(18-6-4-5-17(15-18)7-14-24(32)36-2)25-22-13-8-19(28)16-23(22)30-27(25)33/h4-16,29H,1-3H3,(H,30,33). The van der Waals surface area contributed by atoms with Gasteiger partial charge in [-0.2, -0.15) is 0 Å². The van der Waals surface area contributed by atoms with Crippen molar-refractivity contribution in [1.82, 2.24) is 0 Å². The molecule has 3 aromatic rings. The molecule has 37 heavy (non-hydrogen) atoms. The first-order valence-corrected chi connectivity index (χ1v) is 13.3. The highest BCUT2D eigenvalue weighted by Gasteiger charge is 2.28. The van der Waals surface area contributed by atoms with Crippen molar-refractivity contribution < 1.29 is 22.7 Å². The molecule has 4 rings (SSSR count). The SMILES string of the molecule is COC(=O)C=Cc1cccc(C(Nc2ccc(N(C)S(C)(=O)=O)cc2)=C2C(=O)Nc3cc(Cl)ccc32)c1. The lowest BCUT2D eigenvalue weighted by Gasteiger charge is -2.18. The summed E-state index contributed by atoms with van der Waals surface area (Å²) in [7, 11) is -0.632. The van der Waals surface area contributed by atoms with E-state index in [1.807, 2.05) is 24.3 Å². The fourth-order valence-electron chi connectivity index (χ4n) is 3.79. The number of rotatable bonds is 7. The Balaban J connectivity index is 1.81. The molecule has 3 aromatic carbocycles. The number of hydrogen-bond donors (Lipinski definition) is 2. The Hall–Kier alpha value is -4.08. The van der Waals surface area contributed by atoms with Crippen LogP contribution in [-0.2, 0) is 24.3 Å². The fourth-order valence-corrected chi connectivity index (χ4v) is 4.47. The zero-order valence-corrected chi connectivity index (χ0v) is 21.9. The normalized spacial score (nSPS) is 14.2. The number of carbonyl (C=O) groups excluding carboxylic acids is 2. The highest BCUT2D eigenvalue weighted by Crippen LogP contribution is 2.39. The van der Waals surface area contributed by atoms with Gasteiger partial charge in [-0.3, -0.25) is 9.10 Å². The van der Waals surface area contributed by atoms with E-state index in [9.17, 15) is 18.0 Å². The molecule has 0 saturated carbocycles. The molecule has 10 heteroatoms. The van der Waals surface area contributed by atoms with Gasteiger partial charge in [-0.05, 0) is 59.7 Å². The van der Waals surface area contributed by atoms with Crippen molar-refractivity contribution >= 4 is 67.9 Å². The van der Waals surface area contributed by atoms with Gasteiger partial charge in [-0.1, -0.05) is 35.9 Å². The Morgan fingerprint density at radius 2 is 1.81 bits per heavy atom. The van der Waals surface area contributed by atoms with E-state index in [1.54, 1.807) is 48.5 Å². The molecule has 1 aliphatic heterocycles. The van der Waals surface area contributed by atoms with Crippen molar-refractivity contribution in [1.29, 1.82) is 0 Å². The Kier molecular flexibility index (Phi) is 7.37. The summed E-state index contributed by atoms with van der Waals surface area (Å²) in [5, 5.41) is 6.69. The predicted octanol–water partition coefficient (Wildman–Crippen LogP) is 4.85. The third kappa shape index (κ3) is 5.84. The molecular formula is C27H24ClN3O5S. The number of anilines is 3. The van der Waals surface area contributed by atoms with E-state index in [0.29, 0.717) is 44.5 Å². The number of amides is 1. The highest BCUT2D eigenvalue weighted by atomic mass is 35.5. The second-order valence-electron chi connectivity index (χ2n) is 8.28. The van der Waals surface area contributed by atoms with Crippen LogP contribution < -0.4 is 14.9 Å². The summed E-state index contributed by atoms with van der Waals surface area (Å²) < 4.78 is 29.6. The lowest BCUT2D eigenvalue weighted by atomic mass is 9.98. The van der Waals surface area contributed by atoms with Gasteiger partial charge in [0.2, 0.25) is 10.0 Å². The number of nitrogens with one attached hydrogen (secondary N) is 2. The maximum atomic E-state index is 13.1. The van der Waals surface area contributed by atoms with Crippen LogP contribution in [0.25, 0.3) is 17.3 Å². The molecule has 0 aromatic heterocycles. The molecule has 0 bridgehead atoms. The summed E-state index contributed by atoms with van der Waals surface area (Å²) in [5.41, 5.74) is 4.77. The number of methoxy groups -OCH3 is 1. The van der Waals surface area contributed by atoms with Gasteiger partial charge in [0.1, 0.15) is 0 Å². The first-order chi connectivity index (χ1) is 17.6. The minimum atomic E-state index is -3.41. The predicted molar refractivity (Wildman–Crippen MR) is 148 cm³/mol. The number of benzene rings is 3. The Labute approximate surface area is 220 Å². The number of carbonyl (C=O) groups is 2. The molecule has 1 amide bonds. The lowest BCUT2D eigenvalue weighted by Crippen LogP contribution is -2.24. The minimum Gasteiger partial charge on any atom is -0.466 e. The van der Waals surface area contributed by atoms with Crippen LogP contribution in [-0.4, -0.2) is 40.7 Å². The average Bonchev–Trinajstić information content (AvgIpc) is 3.19. The summed E-state index contributed by atoms with van der Waals surface area (Å²) in [6, 6.07) is 19.3. The molecule has 0 unspecified atom stereocenters. The van der Waals surface area contributed by atoms with Gasteiger partial charge in [0, 0.05) is 29.4 Å². The highest BCUT2D eigenvalue weighted by molar-refractivity contribution is 7.92. The van der Waals surface area contributed by atoms with Gasteiger partial charge in [0.15, 0.2) is 0 Å². The van der Waals surface area contributed by atoms with Gasteiger partial charge in [0.25, 0.3) is 5.91 Å². The van der Waals surface area contributed by atoms with Crippen LogP contribution in [0.4, 0.5) is 17.1 Å². The third-order valence-electron chi connectivity index (χ3n) is 5.76. The zero-order chi connectivity index (χ0) is 26.7. The zero-order valence-electron chi connectivity index (χ0n) is 20.3. The van der Waals surface area contributed by atoms with Crippen molar-refractivity contribution in [2.75, 3.05) is 35.4 Å². The van der Waals surface area contributed by atoms with Gasteiger partial charge in [0.05, 0.1) is 36.0 Å². The Morgan fingerprint density at radius 3 is 2.49 bits per heavy atom. The number of sulfonamides is 1. The number of esters is 1. The molecule has 0 saturated heterocycles. The first kappa shape index (κ1) is 26.0. The number of nitrogens with zero attached hydrogens (tertiary/aromatic N) is 1. The molecule has 0 spiro atoms. The summed E-state index contributed by atoms with van der Waals surface area (Å²) >= 11 is 6.14. The summed E-state index contributed by atoms with van der Waals surface area (Å²) in [6.07, 6.45) is 4.07. The minimum absolute atomic E-state index is 0.302.